The van der Waals surface area contributed by atoms with E-state index >= 15 is 0 Å². The molecule has 1 aliphatic rings. The predicted octanol–water partition coefficient (Wildman–Crippen LogP) is 3.77. The SMILES string of the molecule is CCC(CCCCCCNC1CCCCC1)CS(=O)(=O)O. The second kappa shape index (κ2) is 10.6. The van der Waals surface area contributed by atoms with E-state index in [-0.39, 0.29) is 11.7 Å². The minimum atomic E-state index is -3.81. The summed E-state index contributed by atoms with van der Waals surface area (Å²) in [5.41, 5.74) is 0. The average molecular weight is 320 g/mol. The van der Waals surface area contributed by atoms with E-state index in [1.165, 1.54) is 44.9 Å². The lowest BCUT2D eigenvalue weighted by molar-refractivity contribution is 0.369. The Bertz CT molecular complexity index is 351. The van der Waals surface area contributed by atoms with Crippen molar-refractivity contribution in [2.75, 3.05) is 12.3 Å². The number of nitrogens with one attached hydrogen (secondary N) is 1. The van der Waals surface area contributed by atoms with Crippen molar-refractivity contribution >= 4 is 10.1 Å². The zero-order chi connectivity index (χ0) is 15.6. The van der Waals surface area contributed by atoms with Gasteiger partial charge in [0.25, 0.3) is 10.1 Å². The van der Waals surface area contributed by atoms with Gasteiger partial charge in [0.2, 0.25) is 0 Å². The quantitative estimate of drug-likeness (QED) is 0.449. The Morgan fingerprint density at radius 3 is 2.38 bits per heavy atom. The highest BCUT2D eigenvalue weighted by Crippen LogP contribution is 2.18. The zero-order valence-electron chi connectivity index (χ0n) is 13.5. The van der Waals surface area contributed by atoms with E-state index in [1.807, 2.05) is 6.92 Å². The van der Waals surface area contributed by atoms with Crippen molar-refractivity contribution in [2.45, 2.75) is 83.6 Å². The highest BCUT2D eigenvalue weighted by molar-refractivity contribution is 7.85. The highest BCUT2D eigenvalue weighted by atomic mass is 32.2. The van der Waals surface area contributed by atoms with E-state index < -0.39 is 10.1 Å². The van der Waals surface area contributed by atoms with Gasteiger partial charge < -0.3 is 5.32 Å². The number of hydrogen-bond donors (Lipinski definition) is 2. The van der Waals surface area contributed by atoms with Gasteiger partial charge in [-0.2, -0.15) is 8.42 Å². The maximum Gasteiger partial charge on any atom is 0.265 e. The van der Waals surface area contributed by atoms with Crippen molar-refractivity contribution in [3.8, 4) is 0 Å². The van der Waals surface area contributed by atoms with Gasteiger partial charge in [-0.05, 0) is 38.1 Å². The largest absolute Gasteiger partial charge is 0.314 e. The molecule has 21 heavy (non-hydrogen) atoms. The standard InChI is InChI=1S/C16H33NO3S/c1-2-15(14-21(18,19)20)10-6-3-4-9-13-17-16-11-7-5-8-12-16/h15-17H,2-14H2,1H3,(H,18,19,20). The molecule has 0 spiro atoms. The molecule has 0 aromatic heterocycles. The molecule has 1 unspecified atom stereocenters. The molecule has 0 saturated heterocycles. The maximum absolute atomic E-state index is 10.9. The topological polar surface area (TPSA) is 66.4 Å². The fourth-order valence-corrected chi connectivity index (χ4v) is 4.23. The van der Waals surface area contributed by atoms with Gasteiger partial charge in [0, 0.05) is 6.04 Å². The molecule has 1 rings (SSSR count). The molecule has 0 aliphatic heterocycles. The summed E-state index contributed by atoms with van der Waals surface area (Å²) in [6.45, 7) is 3.11. The van der Waals surface area contributed by atoms with Crippen LogP contribution < -0.4 is 5.32 Å². The van der Waals surface area contributed by atoms with E-state index in [9.17, 15) is 8.42 Å². The molecule has 0 radical (unpaired) electrons. The summed E-state index contributed by atoms with van der Waals surface area (Å²) in [6.07, 6.45) is 13.2. The Labute approximate surface area is 130 Å². The van der Waals surface area contributed by atoms with Crippen LogP contribution in [0.15, 0.2) is 0 Å². The van der Waals surface area contributed by atoms with Crippen molar-refractivity contribution in [1.82, 2.24) is 5.32 Å². The normalized spacial score (nSPS) is 18.8. The maximum atomic E-state index is 10.9. The molecule has 1 saturated carbocycles. The number of rotatable bonds is 11. The summed E-state index contributed by atoms with van der Waals surface area (Å²) in [5.74, 6) is 0.0348. The number of hydrogen-bond acceptors (Lipinski definition) is 3. The summed E-state index contributed by atoms with van der Waals surface area (Å²) in [5, 5.41) is 3.65. The average Bonchev–Trinajstić information content (AvgIpc) is 2.45. The monoisotopic (exact) mass is 319 g/mol. The van der Waals surface area contributed by atoms with Crippen LogP contribution in [0.4, 0.5) is 0 Å². The van der Waals surface area contributed by atoms with Gasteiger partial charge in [0.1, 0.15) is 0 Å². The minimum Gasteiger partial charge on any atom is -0.314 e. The minimum absolute atomic E-state index is 0.0767. The van der Waals surface area contributed by atoms with E-state index in [0.717, 1.165) is 38.3 Å². The molecular weight excluding hydrogens is 286 g/mol. The highest BCUT2D eigenvalue weighted by Gasteiger charge is 2.15. The molecule has 0 aromatic rings. The molecular formula is C16H33NO3S. The summed E-state index contributed by atoms with van der Waals surface area (Å²) in [4.78, 5) is 0. The first-order valence-electron chi connectivity index (χ1n) is 8.70. The molecule has 4 nitrogen and oxygen atoms in total. The van der Waals surface area contributed by atoms with Gasteiger partial charge in [-0.1, -0.05) is 51.9 Å². The van der Waals surface area contributed by atoms with Gasteiger partial charge in [-0.3, -0.25) is 4.55 Å². The molecule has 0 amide bonds. The first-order valence-corrected chi connectivity index (χ1v) is 10.3. The third kappa shape index (κ3) is 10.3. The molecule has 0 aromatic carbocycles. The van der Waals surface area contributed by atoms with Crippen LogP contribution in [0.5, 0.6) is 0 Å². The Balaban J connectivity index is 1.95. The molecule has 1 fully saturated rings. The Morgan fingerprint density at radius 1 is 1.10 bits per heavy atom. The first kappa shape index (κ1) is 18.9. The molecule has 2 N–H and O–H groups in total. The fraction of sp³-hybridized carbons (Fsp3) is 1.00. The van der Waals surface area contributed by atoms with Gasteiger partial charge in [-0.25, -0.2) is 0 Å². The number of unbranched alkanes of at least 4 members (excludes halogenated alkanes) is 3. The molecule has 0 bridgehead atoms. The lowest BCUT2D eigenvalue weighted by atomic mass is 9.95. The van der Waals surface area contributed by atoms with Crippen LogP contribution in [0.2, 0.25) is 0 Å². The van der Waals surface area contributed by atoms with Crippen LogP contribution >= 0.6 is 0 Å². The van der Waals surface area contributed by atoms with Crippen LogP contribution in [0.25, 0.3) is 0 Å². The third-order valence-corrected chi connectivity index (χ3v) is 5.49. The van der Waals surface area contributed by atoms with Gasteiger partial charge in [-0.15, -0.1) is 0 Å². The Kier molecular flexibility index (Phi) is 9.52. The van der Waals surface area contributed by atoms with Gasteiger partial charge >= 0.3 is 0 Å². The van der Waals surface area contributed by atoms with Gasteiger partial charge in [0.05, 0.1) is 5.75 Å². The van der Waals surface area contributed by atoms with Crippen molar-refractivity contribution in [3.05, 3.63) is 0 Å². The van der Waals surface area contributed by atoms with Crippen molar-refractivity contribution in [2.24, 2.45) is 5.92 Å². The van der Waals surface area contributed by atoms with E-state index in [1.54, 1.807) is 0 Å². The van der Waals surface area contributed by atoms with Crippen LogP contribution in [-0.4, -0.2) is 31.3 Å². The van der Waals surface area contributed by atoms with E-state index in [0.29, 0.717) is 0 Å². The molecule has 1 atom stereocenters. The summed E-state index contributed by atoms with van der Waals surface area (Å²) < 4.78 is 30.6. The molecule has 126 valence electrons. The van der Waals surface area contributed by atoms with Crippen molar-refractivity contribution in [3.63, 3.8) is 0 Å². The Hall–Kier alpha value is -0.130. The summed E-state index contributed by atoms with van der Waals surface area (Å²) in [7, 11) is -3.81. The molecule has 1 aliphatic carbocycles. The van der Waals surface area contributed by atoms with Crippen LogP contribution in [-0.2, 0) is 10.1 Å². The Morgan fingerprint density at radius 2 is 1.76 bits per heavy atom. The smallest absolute Gasteiger partial charge is 0.265 e. The molecule has 5 heteroatoms. The fourth-order valence-electron chi connectivity index (χ4n) is 3.23. The lowest BCUT2D eigenvalue weighted by Gasteiger charge is -2.22. The van der Waals surface area contributed by atoms with E-state index in [4.69, 9.17) is 4.55 Å². The van der Waals surface area contributed by atoms with Crippen LogP contribution in [0, 0.1) is 5.92 Å². The van der Waals surface area contributed by atoms with Gasteiger partial charge in [0.15, 0.2) is 0 Å². The summed E-state index contributed by atoms with van der Waals surface area (Å²) >= 11 is 0. The predicted molar refractivity (Wildman–Crippen MR) is 88.2 cm³/mol. The second-order valence-corrected chi connectivity index (χ2v) is 8.01. The van der Waals surface area contributed by atoms with Crippen molar-refractivity contribution in [1.29, 1.82) is 0 Å². The second-order valence-electron chi connectivity index (χ2n) is 6.51. The first-order chi connectivity index (χ1) is 10.0. The third-order valence-electron chi connectivity index (χ3n) is 4.60. The zero-order valence-corrected chi connectivity index (χ0v) is 14.3. The summed E-state index contributed by atoms with van der Waals surface area (Å²) in [6, 6.07) is 0.748. The lowest BCUT2D eigenvalue weighted by Crippen LogP contribution is -2.31. The van der Waals surface area contributed by atoms with Crippen LogP contribution in [0.1, 0.15) is 77.6 Å². The van der Waals surface area contributed by atoms with Crippen molar-refractivity contribution < 1.29 is 13.0 Å². The van der Waals surface area contributed by atoms with Crippen LogP contribution in [0.3, 0.4) is 0 Å². The van der Waals surface area contributed by atoms with E-state index in [2.05, 4.69) is 5.32 Å². The molecule has 0 heterocycles.